The molecule has 0 amide bonds. The molecule has 0 fully saturated rings. The van der Waals surface area contributed by atoms with Crippen molar-refractivity contribution in [2.45, 2.75) is 26.7 Å². The van der Waals surface area contributed by atoms with Gasteiger partial charge in [-0.3, -0.25) is 4.57 Å². The number of rotatable bonds is 6. The van der Waals surface area contributed by atoms with Gasteiger partial charge in [-0.1, -0.05) is 20.3 Å². The van der Waals surface area contributed by atoms with E-state index in [1.807, 2.05) is 13.8 Å². The van der Waals surface area contributed by atoms with Gasteiger partial charge in [-0.2, -0.15) is 0 Å². The van der Waals surface area contributed by atoms with Crippen molar-refractivity contribution in [2.24, 2.45) is 5.92 Å². The van der Waals surface area contributed by atoms with E-state index >= 15 is 0 Å². The summed E-state index contributed by atoms with van der Waals surface area (Å²) >= 11 is 0. The lowest BCUT2D eigenvalue weighted by atomic mass is 10.1. The van der Waals surface area contributed by atoms with E-state index in [4.69, 9.17) is 14.7 Å². The Bertz CT molecular complexity index is 259. The Hall–Kier alpha value is 0.300. The zero-order valence-electron chi connectivity index (χ0n) is 8.16. The molecule has 3 N–H and O–H groups in total. The standard InChI is InChI=1S/C6H16O6P2/c1-3-6(2)4-5-13(7,8)12-14(9,10)11/h6H,3-5H2,1-2H3,(H,7,8)(H2,9,10,11). The topological polar surface area (TPSA) is 104 Å². The second-order valence-corrected chi connectivity index (χ2v) is 6.59. The molecule has 0 aromatic heterocycles. The largest absolute Gasteiger partial charge is 0.476 e. The maximum Gasteiger partial charge on any atom is 0.476 e. The van der Waals surface area contributed by atoms with Crippen LogP contribution in [0.25, 0.3) is 0 Å². The van der Waals surface area contributed by atoms with Crippen molar-refractivity contribution in [1.29, 1.82) is 0 Å². The third-order valence-corrected chi connectivity index (χ3v) is 4.53. The molecule has 8 heteroatoms. The average Bonchev–Trinajstić information content (AvgIpc) is 1.96. The summed E-state index contributed by atoms with van der Waals surface area (Å²) in [5.74, 6) is 0.232. The second-order valence-electron chi connectivity index (χ2n) is 3.24. The zero-order chi connectivity index (χ0) is 11.4. The van der Waals surface area contributed by atoms with Crippen LogP contribution in [0.3, 0.4) is 0 Å². The van der Waals surface area contributed by atoms with Gasteiger partial charge < -0.3 is 14.7 Å². The summed E-state index contributed by atoms with van der Waals surface area (Å²) in [6.45, 7) is 3.81. The highest BCUT2D eigenvalue weighted by molar-refractivity contribution is 7.63. The van der Waals surface area contributed by atoms with Crippen LogP contribution in [-0.2, 0) is 13.4 Å². The molecule has 86 valence electrons. The minimum atomic E-state index is -4.87. The fraction of sp³-hybridized carbons (Fsp3) is 1.00. The van der Waals surface area contributed by atoms with Gasteiger partial charge in [0.05, 0.1) is 6.16 Å². The summed E-state index contributed by atoms with van der Waals surface area (Å²) in [4.78, 5) is 25.7. The van der Waals surface area contributed by atoms with Crippen LogP contribution in [-0.4, -0.2) is 20.8 Å². The fourth-order valence-corrected chi connectivity index (χ4v) is 3.22. The zero-order valence-corrected chi connectivity index (χ0v) is 9.95. The predicted molar refractivity (Wildman–Crippen MR) is 51.9 cm³/mol. The average molecular weight is 246 g/mol. The fourth-order valence-electron chi connectivity index (χ4n) is 0.795. The molecular weight excluding hydrogens is 230 g/mol. The summed E-state index contributed by atoms with van der Waals surface area (Å²) in [7, 11) is -9.01. The molecule has 0 spiro atoms. The molecule has 0 aromatic rings. The third-order valence-electron chi connectivity index (χ3n) is 1.84. The molecule has 0 aliphatic heterocycles. The van der Waals surface area contributed by atoms with Crippen molar-refractivity contribution in [1.82, 2.24) is 0 Å². The Labute approximate surface area is 83.1 Å². The first-order valence-electron chi connectivity index (χ1n) is 4.25. The summed E-state index contributed by atoms with van der Waals surface area (Å²) in [6, 6.07) is 0. The summed E-state index contributed by atoms with van der Waals surface area (Å²) in [6.07, 6.45) is 1.02. The molecule has 0 heterocycles. The van der Waals surface area contributed by atoms with Crippen LogP contribution in [0.5, 0.6) is 0 Å². The Kier molecular flexibility index (Phi) is 5.52. The molecule has 2 atom stereocenters. The molecule has 0 aromatic carbocycles. The van der Waals surface area contributed by atoms with Crippen molar-refractivity contribution in [2.75, 3.05) is 6.16 Å². The number of hydrogen-bond donors (Lipinski definition) is 3. The highest BCUT2D eigenvalue weighted by Crippen LogP contribution is 2.57. The minimum Gasteiger partial charge on any atom is -0.324 e. The molecule has 6 nitrogen and oxygen atoms in total. The van der Waals surface area contributed by atoms with E-state index in [0.29, 0.717) is 6.42 Å². The smallest absolute Gasteiger partial charge is 0.324 e. The van der Waals surface area contributed by atoms with E-state index < -0.39 is 15.4 Å². The van der Waals surface area contributed by atoms with Gasteiger partial charge in [0.1, 0.15) is 0 Å². The summed E-state index contributed by atoms with van der Waals surface area (Å²) < 4.78 is 25.2. The van der Waals surface area contributed by atoms with Crippen LogP contribution in [0.2, 0.25) is 0 Å². The van der Waals surface area contributed by atoms with Gasteiger partial charge in [0.15, 0.2) is 0 Å². The Morgan fingerprint density at radius 2 is 1.79 bits per heavy atom. The van der Waals surface area contributed by atoms with E-state index in [1.54, 1.807) is 0 Å². The van der Waals surface area contributed by atoms with Gasteiger partial charge in [-0.05, 0) is 12.3 Å². The molecule has 0 saturated carbocycles. The normalized spacial score (nSPS) is 18.9. The minimum absolute atomic E-state index is 0.229. The highest BCUT2D eigenvalue weighted by Gasteiger charge is 2.30. The van der Waals surface area contributed by atoms with Crippen molar-refractivity contribution in [3.05, 3.63) is 0 Å². The first-order valence-corrected chi connectivity index (χ1v) is 7.54. The molecule has 0 radical (unpaired) electrons. The molecular formula is C6H16O6P2. The van der Waals surface area contributed by atoms with Gasteiger partial charge in [-0.15, -0.1) is 0 Å². The summed E-state index contributed by atoms with van der Waals surface area (Å²) in [5.41, 5.74) is 0. The van der Waals surface area contributed by atoms with Crippen LogP contribution in [0.1, 0.15) is 26.7 Å². The van der Waals surface area contributed by atoms with Crippen LogP contribution >= 0.6 is 15.4 Å². The van der Waals surface area contributed by atoms with Gasteiger partial charge in [0, 0.05) is 0 Å². The lowest BCUT2D eigenvalue weighted by Crippen LogP contribution is -1.99. The van der Waals surface area contributed by atoms with Gasteiger partial charge in [-0.25, -0.2) is 8.88 Å². The number of phosphoric acid groups is 1. The highest BCUT2D eigenvalue weighted by atomic mass is 31.3. The Morgan fingerprint density at radius 1 is 1.29 bits per heavy atom. The first-order chi connectivity index (χ1) is 6.16. The molecule has 0 aliphatic carbocycles. The molecule has 2 unspecified atom stereocenters. The summed E-state index contributed by atoms with van der Waals surface area (Å²) in [5, 5.41) is 0. The van der Waals surface area contributed by atoms with E-state index in [9.17, 15) is 9.13 Å². The maximum absolute atomic E-state index is 11.1. The molecule has 14 heavy (non-hydrogen) atoms. The Morgan fingerprint density at radius 3 is 2.14 bits per heavy atom. The predicted octanol–water partition coefficient (Wildman–Crippen LogP) is 1.72. The molecule has 0 rings (SSSR count). The lowest BCUT2D eigenvalue weighted by molar-refractivity contribution is 0.262. The van der Waals surface area contributed by atoms with Gasteiger partial charge in [0.25, 0.3) is 0 Å². The maximum atomic E-state index is 11.1. The van der Waals surface area contributed by atoms with Gasteiger partial charge in [0.2, 0.25) is 0 Å². The first kappa shape index (κ1) is 14.3. The van der Waals surface area contributed by atoms with Crippen molar-refractivity contribution >= 4 is 15.4 Å². The SMILES string of the molecule is CCC(C)CCP(=O)(O)OP(=O)(O)O. The van der Waals surface area contributed by atoms with Gasteiger partial charge >= 0.3 is 15.4 Å². The molecule has 0 aliphatic rings. The van der Waals surface area contributed by atoms with Crippen LogP contribution in [0.4, 0.5) is 0 Å². The van der Waals surface area contributed by atoms with E-state index in [2.05, 4.69) is 4.31 Å². The van der Waals surface area contributed by atoms with Crippen molar-refractivity contribution in [3.63, 3.8) is 0 Å². The van der Waals surface area contributed by atoms with E-state index in [1.165, 1.54) is 0 Å². The van der Waals surface area contributed by atoms with Crippen LogP contribution in [0.15, 0.2) is 0 Å². The lowest BCUT2D eigenvalue weighted by Gasteiger charge is -2.14. The monoisotopic (exact) mass is 246 g/mol. The quantitative estimate of drug-likeness (QED) is 0.616. The van der Waals surface area contributed by atoms with Crippen LogP contribution in [0, 0.1) is 5.92 Å². The van der Waals surface area contributed by atoms with Crippen molar-refractivity contribution < 1.29 is 28.1 Å². The van der Waals surface area contributed by atoms with E-state index in [-0.39, 0.29) is 12.1 Å². The van der Waals surface area contributed by atoms with E-state index in [0.717, 1.165) is 6.42 Å². The molecule has 0 saturated heterocycles. The number of hydrogen-bond acceptors (Lipinski definition) is 3. The van der Waals surface area contributed by atoms with Crippen molar-refractivity contribution in [3.8, 4) is 0 Å². The Balaban J connectivity index is 4.09. The van der Waals surface area contributed by atoms with Crippen LogP contribution < -0.4 is 0 Å². The molecule has 0 bridgehead atoms. The second kappa shape index (κ2) is 5.40. The third kappa shape index (κ3) is 7.68.